The molecule has 1 aliphatic heterocycles. The average molecular weight is 395 g/mol. The molecule has 6 heteroatoms. The lowest BCUT2D eigenvalue weighted by atomic mass is 9.92. The van der Waals surface area contributed by atoms with Crippen LogP contribution < -0.4 is 4.74 Å². The molecule has 1 atom stereocenters. The Morgan fingerprint density at radius 3 is 2.48 bits per heavy atom. The van der Waals surface area contributed by atoms with Crippen LogP contribution in [-0.2, 0) is 9.59 Å². The van der Waals surface area contributed by atoms with Gasteiger partial charge in [0.15, 0.2) is 0 Å². The quantitative estimate of drug-likeness (QED) is 0.473. The van der Waals surface area contributed by atoms with E-state index in [4.69, 9.17) is 9.15 Å². The molecule has 0 radical (unpaired) electrons. The number of hydrogen-bond acceptors (Lipinski definition) is 5. The van der Waals surface area contributed by atoms with Crippen LogP contribution in [0.15, 0.2) is 46.4 Å². The number of nitrogens with zero attached hydrogens (tertiary/aromatic N) is 1. The van der Waals surface area contributed by atoms with E-state index in [2.05, 4.69) is 0 Å². The molecule has 1 aromatic carbocycles. The van der Waals surface area contributed by atoms with Crippen molar-refractivity contribution in [2.45, 2.75) is 51.1 Å². The van der Waals surface area contributed by atoms with Crippen LogP contribution in [0, 0.1) is 6.92 Å². The zero-order valence-electron chi connectivity index (χ0n) is 16.7. The molecule has 1 aliphatic carbocycles. The van der Waals surface area contributed by atoms with Gasteiger partial charge in [0.2, 0.25) is 0 Å². The van der Waals surface area contributed by atoms with Gasteiger partial charge in [-0.25, -0.2) is 0 Å². The molecule has 1 unspecified atom stereocenters. The molecule has 29 heavy (non-hydrogen) atoms. The Bertz CT molecular complexity index is 967. The lowest BCUT2D eigenvalue weighted by Crippen LogP contribution is -2.40. The highest BCUT2D eigenvalue weighted by Gasteiger charge is 2.50. The standard InChI is InChI=1S/C23H25NO5/c1-14-12-13-18(29-14)20-19(21(25)16-10-6-7-11-17(16)28-2)22(26)23(27)24(20)15-8-4-3-5-9-15/h6-7,10-13,15,20,25H,3-5,8-9H2,1-2H3/b21-19-. The topological polar surface area (TPSA) is 80.0 Å². The van der Waals surface area contributed by atoms with Gasteiger partial charge in [0.05, 0.1) is 18.2 Å². The number of furan rings is 1. The maximum atomic E-state index is 13.1. The summed E-state index contributed by atoms with van der Waals surface area (Å²) in [5, 5.41) is 11.1. The molecule has 152 valence electrons. The lowest BCUT2D eigenvalue weighted by molar-refractivity contribution is -0.142. The number of aryl methyl sites for hydroxylation is 1. The second-order valence-corrected chi connectivity index (χ2v) is 7.65. The van der Waals surface area contributed by atoms with Gasteiger partial charge in [-0.1, -0.05) is 31.4 Å². The maximum Gasteiger partial charge on any atom is 0.296 e. The summed E-state index contributed by atoms with van der Waals surface area (Å²) in [7, 11) is 1.50. The summed E-state index contributed by atoms with van der Waals surface area (Å²) in [6.45, 7) is 1.82. The normalized spacial score (nSPS) is 22.3. The predicted molar refractivity (Wildman–Crippen MR) is 107 cm³/mol. The van der Waals surface area contributed by atoms with Crippen molar-refractivity contribution < 1.29 is 23.8 Å². The van der Waals surface area contributed by atoms with Crippen molar-refractivity contribution in [2.24, 2.45) is 0 Å². The Labute approximate surface area is 169 Å². The number of ether oxygens (including phenoxy) is 1. The zero-order chi connectivity index (χ0) is 20.5. The highest BCUT2D eigenvalue weighted by atomic mass is 16.5. The summed E-state index contributed by atoms with van der Waals surface area (Å²) in [4.78, 5) is 27.8. The molecule has 1 N–H and O–H groups in total. The monoisotopic (exact) mass is 395 g/mol. The van der Waals surface area contributed by atoms with E-state index in [9.17, 15) is 14.7 Å². The van der Waals surface area contributed by atoms with Crippen molar-refractivity contribution in [2.75, 3.05) is 7.11 Å². The third-order valence-electron chi connectivity index (χ3n) is 5.84. The van der Waals surface area contributed by atoms with Crippen molar-refractivity contribution >= 4 is 17.4 Å². The number of methoxy groups -OCH3 is 1. The average Bonchev–Trinajstić information content (AvgIpc) is 3.29. The molecule has 2 heterocycles. The molecule has 1 aromatic heterocycles. The zero-order valence-corrected chi connectivity index (χ0v) is 16.7. The Morgan fingerprint density at radius 2 is 1.83 bits per heavy atom. The first-order valence-electron chi connectivity index (χ1n) is 10.0. The second kappa shape index (κ2) is 7.78. The van der Waals surface area contributed by atoms with Gasteiger partial charge < -0.3 is 19.2 Å². The summed E-state index contributed by atoms with van der Waals surface area (Å²) >= 11 is 0. The first-order valence-corrected chi connectivity index (χ1v) is 10.0. The summed E-state index contributed by atoms with van der Waals surface area (Å²) in [6.07, 6.45) is 4.86. The summed E-state index contributed by atoms with van der Waals surface area (Å²) in [5.74, 6) is 0.113. The van der Waals surface area contributed by atoms with Gasteiger partial charge in [-0.15, -0.1) is 0 Å². The fourth-order valence-electron chi connectivity index (χ4n) is 4.45. The molecule has 0 bridgehead atoms. The van der Waals surface area contributed by atoms with Gasteiger partial charge in [0.25, 0.3) is 11.7 Å². The minimum atomic E-state index is -0.739. The highest BCUT2D eigenvalue weighted by molar-refractivity contribution is 6.46. The third-order valence-corrected chi connectivity index (χ3v) is 5.84. The Hall–Kier alpha value is -3.02. The number of likely N-dealkylation sites (tertiary alicyclic amines) is 1. The van der Waals surface area contributed by atoms with Gasteiger partial charge in [-0.3, -0.25) is 9.59 Å². The van der Waals surface area contributed by atoms with E-state index in [1.165, 1.54) is 7.11 Å². The van der Waals surface area contributed by atoms with Gasteiger partial charge in [-0.2, -0.15) is 0 Å². The van der Waals surface area contributed by atoms with Crippen LogP contribution in [0.3, 0.4) is 0 Å². The molecule has 6 nitrogen and oxygen atoms in total. The predicted octanol–water partition coefficient (Wildman–Crippen LogP) is 4.35. The Kier molecular flexibility index (Phi) is 5.18. The van der Waals surface area contributed by atoms with Gasteiger partial charge in [-0.05, 0) is 44.0 Å². The number of aliphatic hydroxyl groups excluding tert-OH is 1. The van der Waals surface area contributed by atoms with Crippen molar-refractivity contribution in [3.63, 3.8) is 0 Å². The molecule has 1 saturated carbocycles. The smallest absolute Gasteiger partial charge is 0.296 e. The van der Waals surface area contributed by atoms with E-state index in [0.717, 1.165) is 32.1 Å². The van der Waals surface area contributed by atoms with Crippen molar-refractivity contribution in [1.82, 2.24) is 4.90 Å². The van der Waals surface area contributed by atoms with Gasteiger partial charge in [0.1, 0.15) is 29.1 Å². The van der Waals surface area contributed by atoms with Crippen molar-refractivity contribution in [3.8, 4) is 5.75 Å². The van der Waals surface area contributed by atoms with Crippen LogP contribution in [0.1, 0.15) is 55.2 Å². The molecule has 2 aliphatic rings. The number of aliphatic hydroxyl groups is 1. The number of amides is 1. The first-order chi connectivity index (χ1) is 14.0. The molecular formula is C23H25NO5. The summed E-state index contributed by atoms with van der Waals surface area (Å²) in [5.41, 5.74) is 0.435. The largest absolute Gasteiger partial charge is 0.507 e. The second-order valence-electron chi connectivity index (χ2n) is 7.65. The van der Waals surface area contributed by atoms with Crippen LogP contribution in [0.5, 0.6) is 5.75 Å². The number of ketones is 1. The van der Waals surface area contributed by atoms with E-state index in [1.54, 1.807) is 41.3 Å². The first kappa shape index (κ1) is 19.3. The van der Waals surface area contributed by atoms with Gasteiger partial charge in [0, 0.05) is 6.04 Å². The molecule has 2 aromatic rings. The minimum absolute atomic E-state index is 0.0430. The van der Waals surface area contributed by atoms with E-state index < -0.39 is 17.7 Å². The third kappa shape index (κ3) is 3.33. The molecular weight excluding hydrogens is 370 g/mol. The molecule has 0 spiro atoms. The van der Waals surface area contributed by atoms with E-state index in [0.29, 0.717) is 22.8 Å². The summed E-state index contributed by atoms with van der Waals surface area (Å²) < 4.78 is 11.2. The summed E-state index contributed by atoms with van der Waals surface area (Å²) in [6, 6.07) is 9.71. The molecule has 1 saturated heterocycles. The fourth-order valence-corrected chi connectivity index (χ4v) is 4.45. The fraction of sp³-hybridized carbons (Fsp3) is 0.391. The van der Waals surface area contributed by atoms with Crippen LogP contribution in [0.4, 0.5) is 0 Å². The SMILES string of the molecule is COc1ccccc1/C(O)=C1/C(=O)C(=O)N(C2CCCCC2)C1c1ccc(C)o1. The molecule has 2 fully saturated rings. The lowest BCUT2D eigenvalue weighted by Gasteiger charge is -2.34. The van der Waals surface area contributed by atoms with Crippen LogP contribution >= 0.6 is 0 Å². The van der Waals surface area contributed by atoms with E-state index >= 15 is 0 Å². The Balaban J connectivity index is 1.88. The van der Waals surface area contributed by atoms with E-state index in [-0.39, 0.29) is 17.4 Å². The van der Waals surface area contributed by atoms with Crippen LogP contribution in [0.25, 0.3) is 5.76 Å². The number of benzene rings is 1. The van der Waals surface area contributed by atoms with Crippen molar-refractivity contribution in [1.29, 1.82) is 0 Å². The number of para-hydroxylation sites is 1. The van der Waals surface area contributed by atoms with Crippen LogP contribution in [0.2, 0.25) is 0 Å². The number of rotatable bonds is 4. The van der Waals surface area contributed by atoms with Crippen molar-refractivity contribution in [3.05, 3.63) is 59.1 Å². The molecule has 4 rings (SSSR count). The minimum Gasteiger partial charge on any atom is -0.507 e. The number of carbonyl (C=O) groups is 2. The van der Waals surface area contributed by atoms with Gasteiger partial charge >= 0.3 is 0 Å². The van der Waals surface area contributed by atoms with E-state index in [1.807, 2.05) is 6.92 Å². The Morgan fingerprint density at radius 1 is 1.10 bits per heavy atom. The number of carbonyl (C=O) groups excluding carboxylic acids is 2. The van der Waals surface area contributed by atoms with Crippen LogP contribution in [-0.4, -0.2) is 34.8 Å². The number of hydrogen-bond donors (Lipinski definition) is 1. The maximum absolute atomic E-state index is 13.1. The highest BCUT2D eigenvalue weighted by Crippen LogP contribution is 2.44. The number of Topliss-reactive ketones (excluding diaryl/α,β-unsaturated/α-hetero) is 1. The molecule has 1 amide bonds.